The van der Waals surface area contributed by atoms with Gasteiger partial charge in [-0.05, 0) is 68.4 Å². The van der Waals surface area contributed by atoms with E-state index in [2.05, 4.69) is 28.8 Å². The van der Waals surface area contributed by atoms with Gasteiger partial charge in [0.25, 0.3) is 0 Å². The minimum absolute atomic E-state index is 0.146. The Balaban J connectivity index is 1.51. The first-order chi connectivity index (χ1) is 12.5. The fourth-order valence-corrected chi connectivity index (χ4v) is 3.29. The molecule has 1 saturated carbocycles. The smallest absolute Gasteiger partial charge is 0.240 e. The van der Waals surface area contributed by atoms with Gasteiger partial charge in [0.05, 0.1) is 0 Å². The Morgan fingerprint density at radius 2 is 1.62 bits per heavy atom. The molecule has 0 saturated heterocycles. The van der Waals surface area contributed by atoms with Crippen molar-refractivity contribution in [2.24, 2.45) is 5.41 Å². The molecule has 2 amide bonds. The molecule has 136 valence electrons. The molecule has 0 unspecified atom stereocenters. The maximum absolute atomic E-state index is 12.6. The Hall–Kier alpha value is -2.62. The summed E-state index contributed by atoms with van der Waals surface area (Å²) in [7, 11) is 0. The first-order valence-electron chi connectivity index (χ1n) is 9.22. The molecule has 26 heavy (non-hydrogen) atoms. The van der Waals surface area contributed by atoms with Crippen LogP contribution in [0.5, 0.6) is 0 Å². The molecular formula is C22H26N2O2. The molecule has 4 heteroatoms. The lowest BCUT2D eigenvalue weighted by atomic mass is 10.0. The highest BCUT2D eigenvalue weighted by molar-refractivity contribution is 6.13. The molecule has 2 aromatic carbocycles. The number of carbonyl (C=O) groups is 2. The van der Waals surface area contributed by atoms with Crippen molar-refractivity contribution in [3.63, 3.8) is 0 Å². The van der Waals surface area contributed by atoms with Crippen LogP contribution in [0.25, 0.3) is 0 Å². The maximum atomic E-state index is 12.6. The van der Waals surface area contributed by atoms with Gasteiger partial charge in [-0.2, -0.15) is 0 Å². The summed E-state index contributed by atoms with van der Waals surface area (Å²) in [6.45, 7) is 4.58. The Morgan fingerprint density at radius 3 is 2.23 bits per heavy atom. The topological polar surface area (TPSA) is 58.2 Å². The predicted octanol–water partition coefficient (Wildman–Crippen LogP) is 3.77. The first-order valence-corrected chi connectivity index (χ1v) is 9.22. The molecule has 2 N–H and O–H groups in total. The first kappa shape index (κ1) is 18.2. The van der Waals surface area contributed by atoms with Crippen LogP contribution in [0.15, 0.2) is 48.5 Å². The van der Waals surface area contributed by atoms with E-state index in [1.54, 1.807) is 0 Å². The number of hydrogen-bond donors (Lipinski definition) is 2. The molecule has 4 nitrogen and oxygen atoms in total. The van der Waals surface area contributed by atoms with E-state index in [4.69, 9.17) is 0 Å². The molecule has 2 aromatic rings. The number of benzene rings is 2. The summed E-state index contributed by atoms with van der Waals surface area (Å²) < 4.78 is 0. The van der Waals surface area contributed by atoms with Gasteiger partial charge in [-0.3, -0.25) is 9.59 Å². The summed E-state index contributed by atoms with van der Waals surface area (Å²) >= 11 is 0. The molecular weight excluding hydrogens is 324 g/mol. The van der Waals surface area contributed by atoms with Crippen LogP contribution in [0.2, 0.25) is 0 Å². The van der Waals surface area contributed by atoms with Crippen molar-refractivity contribution >= 4 is 17.5 Å². The number of amides is 2. The van der Waals surface area contributed by atoms with Crippen LogP contribution in [0.4, 0.5) is 5.69 Å². The van der Waals surface area contributed by atoms with E-state index in [1.807, 2.05) is 44.2 Å². The van der Waals surface area contributed by atoms with Crippen molar-refractivity contribution in [2.75, 3.05) is 11.9 Å². The third-order valence-corrected chi connectivity index (χ3v) is 4.87. The zero-order valence-corrected chi connectivity index (χ0v) is 15.5. The number of anilines is 1. The second kappa shape index (κ2) is 7.73. The van der Waals surface area contributed by atoms with E-state index in [9.17, 15) is 9.59 Å². The van der Waals surface area contributed by atoms with Crippen LogP contribution in [-0.2, 0) is 16.0 Å². The number of rotatable bonds is 7. The summed E-state index contributed by atoms with van der Waals surface area (Å²) in [4.78, 5) is 25.2. The largest absolute Gasteiger partial charge is 0.355 e. The lowest BCUT2D eigenvalue weighted by molar-refractivity contribution is -0.134. The van der Waals surface area contributed by atoms with Crippen LogP contribution in [0.3, 0.4) is 0 Å². The summed E-state index contributed by atoms with van der Waals surface area (Å²) in [6.07, 6.45) is 3.02. The van der Waals surface area contributed by atoms with Crippen LogP contribution in [-0.4, -0.2) is 18.4 Å². The van der Waals surface area contributed by atoms with E-state index in [-0.39, 0.29) is 11.8 Å². The molecule has 1 fully saturated rings. The Kier molecular flexibility index (Phi) is 5.40. The summed E-state index contributed by atoms with van der Waals surface area (Å²) in [5.41, 5.74) is 3.32. The molecule has 0 atom stereocenters. The lowest BCUT2D eigenvalue weighted by Gasteiger charge is -2.16. The third kappa shape index (κ3) is 4.31. The maximum Gasteiger partial charge on any atom is 0.240 e. The molecule has 0 aromatic heterocycles. The van der Waals surface area contributed by atoms with Gasteiger partial charge in [0.2, 0.25) is 11.8 Å². The van der Waals surface area contributed by atoms with Crippen LogP contribution >= 0.6 is 0 Å². The van der Waals surface area contributed by atoms with Gasteiger partial charge in [0.1, 0.15) is 5.41 Å². The monoisotopic (exact) mass is 350 g/mol. The van der Waals surface area contributed by atoms with Gasteiger partial charge in [0, 0.05) is 12.2 Å². The van der Waals surface area contributed by atoms with Crippen LogP contribution in [0.1, 0.15) is 36.0 Å². The van der Waals surface area contributed by atoms with E-state index in [0.29, 0.717) is 19.4 Å². The molecule has 0 aliphatic heterocycles. The zero-order chi connectivity index (χ0) is 18.6. The molecule has 3 rings (SSSR count). The Morgan fingerprint density at radius 1 is 0.962 bits per heavy atom. The van der Waals surface area contributed by atoms with E-state index < -0.39 is 5.41 Å². The highest BCUT2D eigenvalue weighted by Gasteiger charge is 2.56. The summed E-state index contributed by atoms with van der Waals surface area (Å²) in [5, 5.41) is 5.87. The van der Waals surface area contributed by atoms with Crippen LogP contribution < -0.4 is 10.6 Å². The van der Waals surface area contributed by atoms with Gasteiger partial charge < -0.3 is 10.6 Å². The highest BCUT2D eigenvalue weighted by atomic mass is 16.2. The molecule has 0 bridgehead atoms. The second-order valence-electron chi connectivity index (χ2n) is 7.26. The molecule has 1 aliphatic rings. The average molecular weight is 350 g/mol. The minimum Gasteiger partial charge on any atom is -0.355 e. The van der Waals surface area contributed by atoms with E-state index >= 15 is 0 Å². The fourth-order valence-electron chi connectivity index (χ4n) is 3.29. The fraction of sp³-hybridized carbons (Fsp3) is 0.364. The molecule has 0 spiro atoms. The van der Waals surface area contributed by atoms with Crippen molar-refractivity contribution < 1.29 is 9.59 Å². The molecule has 0 radical (unpaired) electrons. The van der Waals surface area contributed by atoms with Gasteiger partial charge in [-0.1, -0.05) is 36.4 Å². The average Bonchev–Trinajstić information content (AvgIpc) is 3.40. The van der Waals surface area contributed by atoms with Crippen molar-refractivity contribution in [3.05, 3.63) is 65.2 Å². The Bertz CT molecular complexity index is 775. The van der Waals surface area contributed by atoms with Crippen molar-refractivity contribution in [1.82, 2.24) is 5.32 Å². The normalized spacial score (nSPS) is 14.5. The minimum atomic E-state index is -0.885. The van der Waals surface area contributed by atoms with Crippen molar-refractivity contribution in [1.29, 1.82) is 0 Å². The van der Waals surface area contributed by atoms with Crippen LogP contribution in [0, 0.1) is 19.3 Å². The number of carbonyl (C=O) groups excluding carboxylic acids is 2. The van der Waals surface area contributed by atoms with Gasteiger partial charge in [-0.15, -0.1) is 0 Å². The number of nitrogens with one attached hydrogen (secondary N) is 2. The molecule has 1 aliphatic carbocycles. The SMILES string of the molecule is Cc1cc(C)cc(NC(=O)C2(C(=O)NCCCc3ccccc3)CC2)c1. The van der Waals surface area contributed by atoms with E-state index in [1.165, 1.54) is 5.56 Å². The zero-order valence-electron chi connectivity index (χ0n) is 15.5. The highest BCUT2D eigenvalue weighted by Crippen LogP contribution is 2.46. The predicted molar refractivity (Wildman–Crippen MR) is 104 cm³/mol. The summed E-state index contributed by atoms with van der Waals surface area (Å²) in [5.74, 6) is -0.338. The van der Waals surface area contributed by atoms with Gasteiger partial charge in [-0.25, -0.2) is 0 Å². The second-order valence-corrected chi connectivity index (χ2v) is 7.26. The number of aryl methyl sites for hydroxylation is 3. The van der Waals surface area contributed by atoms with Crippen molar-refractivity contribution in [3.8, 4) is 0 Å². The lowest BCUT2D eigenvalue weighted by Crippen LogP contribution is -2.40. The number of hydrogen-bond acceptors (Lipinski definition) is 2. The Labute approximate surface area is 155 Å². The summed E-state index contributed by atoms with van der Waals surface area (Å²) in [6, 6.07) is 16.1. The van der Waals surface area contributed by atoms with Gasteiger partial charge in [0.15, 0.2) is 0 Å². The third-order valence-electron chi connectivity index (χ3n) is 4.87. The standard InChI is InChI=1S/C22H26N2O2/c1-16-13-17(2)15-19(14-16)24-21(26)22(10-11-22)20(25)23-12-6-9-18-7-4-3-5-8-18/h3-5,7-8,13-15H,6,9-12H2,1-2H3,(H,23,25)(H,24,26). The quantitative estimate of drug-likeness (QED) is 0.590. The van der Waals surface area contributed by atoms with Crippen molar-refractivity contribution in [2.45, 2.75) is 39.5 Å². The van der Waals surface area contributed by atoms with Gasteiger partial charge >= 0.3 is 0 Å². The molecule has 0 heterocycles. The van der Waals surface area contributed by atoms with E-state index in [0.717, 1.165) is 29.7 Å².